The summed E-state index contributed by atoms with van der Waals surface area (Å²) in [6, 6.07) is 14.8. The van der Waals surface area contributed by atoms with E-state index in [1.807, 2.05) is 18.2 Å². The van der Waals surface area contributed by atoms with Gasteiger partial charge in [0.2, 0.25) is 15.9 Å². The highest BCUT2D eigenvalue weighted by Gasteiger charge is 2.24. The third-order valence-corrected chi connectivity index (χ3v) is 6.03. The molecule has 1 amide bonds. The fraction of sp³-hybridized carbons (Fsp3) is 0.316. The van der Waals surface area contributed by atoms with Gasteiger partial charge in [0.25, 0.3) is 0 Å². The maximum absolute atomic E-state index is 12.6. The number of rotatable bonds is 5. The average molecular weight is 393 g/mol. The first kappa shape index (κ1) is 18.7. The molecule has 138 valence electrons. The van der Waals surface area contributed by atoms with Gasteiger partial charge in [-0.2, -0.15) is 0 Å². The molecule has 0 saturated heterocycles. The minimum atomic E-state index is -3.54. The number of anilines is 1. The van der Waals surface area contributed by atoms with Gasteiger partial charge in [-0.25, -0.2) is 8.42 Å². The Hall–Kier alpha value is -2.05. The van der Waals surface area contributed by atoms with Crippen LogP contribution >= 0.6 is 11.6 Å². The largest absolute Gasteiger partial charge is 0.338 e. The maximum Gasteiger partial charge on any atom is 0.232 e. The van der Waals surface area contributed by atoms with Gasteiger partial charge in [-0.15, -0.1) is 0 Å². The van der Waals surface area contributed by atoms with Gasteiger partial charge in [0, 0.05) is 26.1 Å². The molecule has 0 spiro atoms. The standard InChI is InChI=1S/C19H21ClN2O3S/c1-26(24,25)22(18-9-5-4-8-17(18)20)13-11-19(23)21-12-10-15-6-2-3-7-16(15)14-21/h2-9H,10-14H2,1H3. The Morgan fingerprint density at radius 1 is 1.12 bits per heavy atom. The van der Waals surface area contributed by atoms with E-state index in [1.165, 1.54) is 9.87 Å². The zero-order valence-corrected chi connectivity index (χ0v) is 16.1. The number of carbonyl (C=O) groups is 1. The van der Waals surface area contributed by atoms with Crippen LogP contribution in [0.25, 0.3) is 0 Å². The molecular weight excluding hydrogens is 372 g/mol. The lowest BCUT2D eigenvalue weighted by Gasteiger charge is -2.30. The summed E-state index contributed by atoms with van der Waals surface area (Å²) in [6.45, 7) is 1.29. The SMILES string of the molecule is CS(=O)(=O)N(CCC(=O)N1CCc2ccccc2C1)c1ccccc1Cl. The molecule has 0 radical (unpaired) electrons. The fourth-order valence-electron chi connectivity index (χ4n) is 3.18. The van der Waals surface area contributed by atoms with E-state index < -0.39 is 10.0 Å². The van der Waals surface area contributed by atoms with Crippen molar-refractivity contribution in [3.63, 3.8) is 0 Å². The first-order valence-corrected chi connectivity index (χ1v) is 10.7. The first-order valence-electron chi connectivity index (χ1n) is 8.43. The molecule has 2 aromatic rings. The van der Waals surface area contributed by atoms with Crippen LogP contribution < -0.4 is 4.31 Å². The summed E-state index contributed by atoms with van der Waals surface area (Å²) in [5.74, 6) is -0.0554. The van der Waals surface area contributed by atoms with Crippen molar-refractivity contribution in [2.24, 2.45) is 0 Å². The van der Waals surface area contributed by atoms with Crippen molar-refractivity contribution >= 4 is 33.2 Å². The zero-order valence-electron chi connectivity index (χ0n) is 14.6. The van der Waals surface area contributed by atoms with Crippen LogP contribution in [0.1, 0.15) is 17.5 Å². The Labute approximate surface area is 159 Å². The van der Waals surface area contributed by atoms with Gasteiger partial charge >= 0.3 is 0 Å². The number of nitrogens with zero attached hydrogens (tertiary/aromatic N) is 2. The van der Waals surface area contributed by atoms with Crippen molar-refractivity contribution in [2.75, 3.05) is 23.7 Å². The normalized spacial score (nSPS) is 14.0. The summed E-state index contributed by atoms with van der Waals surface area (Å²) >= 11 is 6.14. The Bertz CT molecular complexity index is 915. The van der Waals surface area contributed by atoms with Crippen LogP contribution in [0, 0.1) is 0 Å². The quantitative estimate of drug-likeness (QED) is 0.785. The molecule has 0 bridgehead atoms. The van der Waals surface area contributed by atoms with E-state index in [1.54, 1.807) is 29.2 Å². The first-order chi connectivity index (χ1) is 12.4. The summed E-state index contributed by atoms with van der Waals surface area (Å²) in [4.78, 5) is 14.4. The molecule has 5 nitrogen and oxygen atoms in total. The Balaban J connectivity index is 1.70. The molecule has 0 unspecified atom stereocenters. The van der Waals surface area contributed by atoms with E-state index in [0.717, 1.165) is 18.2 Å². The molecule has 0 aromatic heterocycles. The topological polar surface area (TPSA) is 57.7 Å². The van der Waals surface area contributed by atoms with Crippen molar-refractivity contribution in [1.29, 1.82) is 0 Å². The summed E-state index contributed by atoms with van der Waals surface area (Å²) in [5, 5.41) is 0.345. The molecule has 0 saturated carbocycles. The van der Waals surface area contributed by atoms with Gasteiger partial charge in [0.05, 0.1) is 17.0 Å². The zero-order chi connectivity index (χ0) is 18.7. The Kier molecular flexibility index (Phi) is 5.53. The van der Waals surface area contributed by atoms with Gasteiger partial charge < -0.3 is 4.90 Å². The Morgan fingerprint density at radius 2 is 1.77 bits per heavy atom. The second kappa shape index (κ2) is 7.68. The molecule has 0 fully saturated rings. The Morgan fingerprint density at radius 3 is 2.46 bits per heavy atom. The van der Waals surface area contributed by atoms with E-state index in [9.17, 15) is 13.2 Å². The minimum Gasteiger partial charge on any atom is -0.338 e. The van der Waals surface area contributed by atoms with Crippen molar-refractivity contribution in [3.8, 4) is 0 Å². The summed E-state index contributed by atoms with van der Waals surface area (Å²) in [6.07, 6.45) is 2.06. The number of fused-ring (bicyclic) bond motifs is 1. The molecule has 1 heterocycles. The van der Waals surface area contributed by atoms with Gasteiger partial charge in [0.1, 0.15) is 0 Å². The van der Waals surface area contributed by atoms with E-state index in [4.69, 9.17) is 11.6 Å². The molecule has 1 aliphatic rings. The molecule has 1 aliphatic heterocycles. The van der Waals surface area contributed by atoms with Gasteiger partial charge in [-0.3, -0.25) is 9.10 Å². The molecule has 0 atom stereocenters. The molecule has 0 aliphatic carbocycles. The second-order valence-electron chi connectivity index (χ2n) is 6.37. The minimum absolute atomic E-state index is 0.0554. The lowest BCUT2D eigenvalue weighted by molar-refractivity contribution is -0.131. The van der Waals surface area contributed by atoms with Crippen LogP contribution in [-0.4, -0.2) is 38.6 Å². The summed E-state index contributed by atoms with van der Waals surface area (Å²) < 4.78 is 25.6. The van der Waals surface area contributed by atoms with E-state index in [0.29, 0.717) is 23.8 Å². The monoisotopic (exact) mass is 392 g/mol. The van der Waals surface area contributed by atoms with Gasteiger partial charge in [-0.1, -0.05) is 48.0 Å². The molecule has 2 aromatic carbocycles. The highest BCUT2D eigenvalue weighted by molar-refractivity contribution is 7.92. The number of para-hydroxylation sites is 1. The predicted octanol–water partition coefficient (Wildman–Crippen LogP) is 3.08. The molecular formula is C19H21ClN2O3S. The third-order valence-electron chi connectivity index (χ3n) is 4.53. The van der Waals surface area contributed by atoms with Crippen molar-refractivity contribution in [2.45, 2.75) is 19.4 Å². The summed E-state index contributed by atoms with van der Waals surface area (Å²) in [7, 11) is -3.54. The van der Waals surface area contributed by atoms with Crippen molar-refractivity contribution in [1.82, 2.24) is 4.90 Å². The van der Waals surface area contributed by atoms with E-state index in [-0.39, 0.29) is 18.9 Å². The van der Waals surface area contributed by atoms with Crippen LogP contribution in [0.3, 0.4) is 0 Å². The number of hydrogen-bond acceptors (Lipinski definition) is 3. The average Bonchev–Trinajstić information content (AvgIpc) is 2.61. The molecule has 0 N–H and O–H groups in total. The number of halogens is 1. The van der Waals surface area contributed by atoms with Crippen molar-refractivity contribution in [3.05, 3.63) is 64.7 Å². The van der Waals surface area contributed by atoms with E-state index >= 15 is 0 Å². The fourth-order valence-corrected chi connectivity index (χ4v) is 4.41. The van der Waals surface area contributed by atoms with Crippen molar-refractivity contribution < 1.29 is 13.2 Å². The van der Waals surface area contributed by atoms with Crippen LogP contribution in [0.5, 0.6) is 0 Å². The highest BCUT2D eigenvalue weighted by Crippen LogP contribution is 2.27. The maximum atomic E-state index is 12.6. The number of amides is 1. The smallest absolute Gasteiger partial charge is 0.232 e. The second-order valence-corrected chi connectivity index (χ2v) is 8.68. The third kappa shape index (κ3) is 4.19. The van der Waals surface area contributed by atoms with Crippen LogP contribution in [0.2, 0.25) is 5.02 Å². The number of benzene rings is 2. The molecule has 26 heavy (non-hydrogen) atoms. The predicted molar refractivity (Wildman–Crippen MR) is 104 cm³/mol. The lowest BCUT2D eigenvalue weighted by atomic mass is 10.00. The van der Waals surface area contributed by atoms with Gasteiger partial charge in [0.15, 0.2) is 0 Å². The number of carbonyl (C=O) groups excluding carboxylic acids is 1. The van der Waals surface area contributed by atoms with Gasteiger partial charge in [-0.05, 0) is 29.7 Å². The van der Waals surface area contributed by atoms with Crippen LogP contribution in [-0.2, 0) is 27.8 Å². The van der Waals surface area contributed by atoms with E-state index in [2.05, 4.69) is 6.07 Å². The lowest BCUT2D eigenvalue weighted by Crippen LogP contribution is -2.39. The molecule has 3 rings (SSSR count). The molecule has 7 heteroatoms. The van der Waals surface area contributed by atoms with Crippen LogP contribution in [0.4, 0.5) is 5.69 Å². The number of hydrogen-bond donors (Lipinski definition) is 0. The summed E-state index contributed by atoms with van der Waals surface area (Å²) in [5.41, 5.74) is 2.82. The van der Waals surface area contributed by atoms with Crippen LogP contribution in [0.15, 0.2) is 48.5 Å². The number of sulfonamides is 1. The highest BCUT2D eigenvalue weighted by atomic mass is 35.5.